The van der Waals surface area contributed by atoms with Gasteiger partial charge in [0.15, 0.2) is 0 Å². The molecule has 1 aliphatic carbocycles. The fourth-order valence-electron chi connectivity index (χ4n) is 3.30. The molecule has 4 heteroatoms. The van der Waals surface area contributed by atoms with E-state index in [1.54, 1.807) is 0 Å². The number of rotatable bonds is 3. The number of ether oxygens (including phenoxy) is 1. The standard InChI is InChI=1S/C17H20N2O2/c18-12-17(7-3-4-8-17)16(20)19-10-13-9-14-5-1-2-6-15(14)21-11-13/h1-2,5-6,13H,3-4,7-11H2,(H,19,20). The van der Waals surface area contributed by atoms with Gasteiger partial charge in [-0.25, -0.2) is 0 Å². The number of amides is 1. The van der Waals surface area contributed by atoms with E-state index in [4.69, 9.17) is 4.74 Å². The van der Waals surface area contributed by atoms with Crippen LogP contribution >= 0.6 is 0 Å². The van der Waals surface area contributed by atoms with Gasteiger partial charge in [-0.05, 0) is 30.9 Å². The van der Waals surface area contributed by atoms with E-state index in [1.807, 2.05) is 18.2 Å². The lowest BCUT2D eigenvalue weighted by Crippen LogP contribution is -2.42. The lowest BCUT2D eigenvalue weighted by Gasteiger charge is -2.27. The number of fused-ring (bicyclic) bond motifs is 1. The normalized spacial score (nSPS) is 22.7. The summed E-state index contributed by atoms with van der Waals surface area (Å²) in [6, 6.07) is 10.3. The Balaban J connectivity index is 1.57. The summed E-state index contributed by atoms with van der Waals surface area (Å²) in [5.41, 5.74) is 0.409. The van der Waals surface area contributed by atoms with Crippen molar-refractivity contribution in [3.63, 3.8) is 0 Å². The number of carbonyl (C=O) groups excluding carboxylic acids is 1. The highest BCUT2D eigenvalue weighted by Crippen LogP contribution is 2.37. The van der Waals surface area contributed by atoms with Crippen molar-refractivity contribution in [2.75, 3.05) is 13.2 Å². The largest absolute Gasteiger partial charge is 0.493 e. The quantitative estimate of drug-likeness (QED) is 0.927. The number of hydrogen-bond donors (Lipinski definition) is 1. The highest BCUT2D eigenvalue weighted by atomic mass is 16.5. The molecule has 0 radical (unpaired) electrons. The molecule has 1 N–H and O–H groups in total. The minimum Gasteiger partial charge on any atom is -0.493 e. The third-order valence-corrected chi connectivity index (χ3v) is 4.61. The summed E-state index contributed by atoms with van der Waals surface area (Å²) in [5, 5.41) is 12.3. The number of carbonyl (C=O) groups is 1. The number of hydrogen-bond acceptors (Lipinski definition) is 3. The minimum atomic E-state index is -0.784. The molecular formula is C17H20N2O2. The van der Waals surface area contributed by atoms with Gasteiger partial charge in [-0.1, -0.05) is 31.0 Å². The Labute approximate surface area is 125 Å². The fraction of sp³-hybridized carbons (Fsp3) is 0.529. The lowest BCUT2D eigenvalue weighted by atomic mass is 9.86. The molecule has 2 aliphatic rings. The first-order chi connectivity index (χ1) is 10.2. The molecule has 21 heavy (non-hydrogen) atoms. The minimum absolute atomic E-state index is 0.0960. The van der Waals surface area contributed by atoms with E-state index in [1.165, 1.54) is 5.56 Å². The average Bonchev–Trinajstić information content (AvgIpc) is 3.02. The highest BCUT2D eigenvalue weighted by molar-refractivity contribution is 5.85. The lowest BCUT2D eigenvalue weighted by molar-refractivity contribution is -0.128. The molecule has 1 aliphatic heterocycles. The van der Waals surface area contributed by atoms with Crippen molar-refractivity contribution in [3.8, 4) is 11.8 Å². The molecule has 3 rings (SSSR count). The van der Waals surface area contributed by atoms with Crippen LogP contribution in [0, 0.1) is 22.7 Å². The van der Waals surface area contributed by atoms with E-state index in [0.29, 0.717) is 26.0 Å². The molecule has 0 spiro atoms. The Morgan fingerprint density at radius 2 is 2.14 bits per heavy atom. The summed E-state index contributed by atoms with van der Waals surface area (Å²) >= 11 is 0. The van der Waals surface area contributed by atoms with E-state index in [-0.39, 0.29) is 11.8 Å². The van der Waals surface area contributed by atoms with Crippen molar-refractivity contribution in [1.82, 2.24) is 5.32 Å². The molecule has 1 unspecified atom stereocenters. The first kappa shape index (κ1) is 13.9. The maximum Gasteiger partial charge on any atom is 0.240 e. The van der Waals surface area contributed by atoms with Gasteiger partial charge in [0.05, 0.1) is 12.7 Å². The Morgan fingerprint density at radius 1 is 1.38 bits per heavy atom. The van der Waals surface area contributed by atoms with Crippen molar-refractivity contribution in [3.05, 3.63) is 29.8 Å². The first-order valence-electron chi connectivity index (χ1n) is 7.64. The van der Waals surface area contributed by atoms with Gasteiger partial charge in [0.2, 0.25) is 5.91 Å². The molecule has 1 heterocycles. The Bertz CT molecular complexity index is 570. The predicted octanol–water partition coefficient (Wildman–Crippen LogP) is 2.44. The zero-order valence-electron chi connectivity index (χ0n) is 12.1. The molecule has 1 amide bonds. The Kier molecular flexibility index (Phi) is 3.83. The van der Waals surface area contributed by atoms with Crippen molar-refractivity contribution in [2.24, 2.45) is 11.3 Å². The second-order valence-corrected chi connectivity index (χ2v) is 6.10. The van der Waals surface area contributed by atoms with Crippen LogP contribution < -0.4 is 10.1 Å². The Morgan fingerprint density at radius 3 is 2.90 bits per heavy atom. The van der Waals surface area contributed by atoms with Crippen molar-refractivity contribution < 1.29 is 9.53 Å². The summed E-state index contributed by atoms with van der Waals surface area (Å²) in [4.78, 5) is 12.3. The maximum absolute atomic E-state index is 12.3. The van der Waals surface area contributed by atoms with Crippen LogP contribution in [-0.2, 0) is 11.2 Å². The fourth-order valence-corrected chi connectivity index (χ4v) is 3.30. The summed E-state index contributed by atoms with van der Waals surface area (Å²) in [5.74, 6) is 1.13. The van der Waals surface area contributed by atoms with Gasteiger partial charge in [-0.15, -0.1) is 0 Å². The second-order valence-electron chi connectivity index (χ2n) is 6.10. The van der Waals surface area contributed by atoms with Crippen LogP contribution in [0.5, 0.6) is 5.75 Å². The van der Waals surface area contributed by atoms with Crippen LogP contribution in [0.3, 0.4) is 0 Å². The van der Waals surface area contributed by atoms with E-state index in [0.717, 1.165) is 25.0 Å². The van der Waals surface area contributed by atoms with Crippen LogP contribution in [0.4, 0.5) is 0 Å². The molecule has 1 fully saturated rings. The number of para-hydroxylation sites is 1. The van der Waals surface area contributed by atoms with Gasteiger partial charge in [0.1, 0.15) is 11.2 Å². The molecule has 0 bridgehead atoms. The zero-order chi connectivity index (χ0) is 14.7. The molecule has 1 atom stereocenters. The summed E-state index contributed by atoms with van der Waals surface area (Å²) < 4.78 is 5.73. The molecule has 110 valence electrons. The van der Waals surface area contributed by atoms with E-state index in [2.05, 4.69) is 17.5 Å². The maximum atomic E-state index is 12.3. The zero-order valence-corrected chi connectivity index (χ0v) is 12.1. The van der Waals surface area contributed by atoms with Gasteiger partial charge in [0, 0.05) is 12.5 Å². The number of nitriles is 1. The number of nitrogens with one attached hydrogen (secondary N) is 1. The van der Waals surface area contributed by atoms with Crippen LogP contribution in [0.15, 0.2) is 24.3 Å². The molecule has 1 saturated carbocycles. The van der Waals surface area contributed by atoms with Crippen LogP contribution in [0.1, 0.15) is 31.2 Å². The van der Waals surface area contributed by atoms with Gasteiger partial charge in [-0.2, -0.15) is 5.26 Å². The molecule has 0 aromatic heterocycles. The highest BCUT2D eigenvalue weighted by Gasteiger charge is 2.41. The van der Waals surface area contributed by atoms with Crippen LogP contribution in [0.25, 0.3) is 0 Å². The predicted molar refractivity (Wildman–Crippen MR) is 78.7 cm³/mol. The van der Waals surface area contributed by atoms with Gasteiger partial charge in [0.25, 0.3) is 0 Å². The third-order valence-electron chi connectivity index (χ3n) is 4.61. The number of nitrogens with zero attached hydrogens (tertiary/aromatic N) is 1. The average molecular weight is 284 g/mol. The monoisotopic (exact) mass is 284 g/mol. The van der Waals surface area contributed by atoms with Crippen LogP contribution in [0.2, 0.25) is 0 Å². The van der Waals surface area contributed by atoms with E-state index >= 15 is 0 Å². The van der Waals surface area contributed by atoms with E-state index < -0.39 is 5.41 Å². The smallest absolute Gasteiger partial charge is 0.240 e. The molecule has 0 saturated heterocycles. The summed E-state index contributed by atoms with van der Waals surface area (Å²) in [7, 11) is 0. The first-order valence-corrected chi connectivity index (χ1v) is 7.64. The SMILES string of the molecule is N#CC1(C(=O)NCC2COc3ccccc3C2)CCCC1. The Hall–Kier alpha value is -2.02. The van der Waals surface area contributed by atoms with Crippen molar-refractivity contribution >= 4 is 5.91 Å². The van der Waals surface area contributed by atoms with Crippen molar-refractivity contribution in [1.29, 1.82) is 5.26 Å². The van der Waals surface area contributed by atoms with Gasteiger partial charge >= 0.3 is 0 Å². The van der Waals surface area contributed by atoms with Crippen LogP contribution in [-0.4, -0.2) is 19.1 Å². The summed E-state index contributed by atoms with van der Waals surface area (Å²) in [6.07, 6.45) is 4.25. The molecule has 1 aromatic carbocycles. The molecule has 4 nitrogen and oxygen atoms in total. The summed E-state index contributed by atoms with van der Waals surface area (Å²) in [6.45, 7) is 1.20. The number of benzene rings is 1. The van der Waals surface area contributed by atoms with Gasteiger partial charge in [-0.3, -0.25) is 4.79 Å². The molecular weight excluding hydrogens is 264 g/mol. The van der Waals surface area contributed by atoms with E-state index in [9.17, 15) is 10.1 Å². The molecule has 1 aromatic rings. The van der Waals surface area contributed by atoms with Gasteiger partial charge < -0.3 is 10.1 Å². The topological polar surface area (TPSA) is 62.1 Å². The third kappa shape index (κ3) is 2.73. The van der Waals surface area contributed by atoms with Crippen molar-refractivity contribution in [2.45, 2.75) is 32.1 Å². The second kappa shape index (κ2) is 5.77.